The molecular formula is C11H16BrNS. The van der Waals surface area contributed by atoms with Crippen LogP contribution in [-0.2, 0) is 0 Å². The maximum absolute atomic E-state index is 3.44. The third kappa shape index (κ3) is 4.40. The number of thiophene rings is 1. The Morgan fingerprint density at radius 1 is 1.64 bits per heavy atom. The molecule has 1 rings (SSSR count). The molecule has 1 N–H and O–H groups in total. The molecule has 0 saturated heterocycles. The zero-order chi connectivity index (χ0) is 10.4. The van der Waals surface area contributed by atoms with Crippen molar-refractivity contribution in [1.29, 1.82) is 0 Å². The molecule has 0 radical (unpaired) electrons. The Kier molecular flexibility index (Phi) is 5.45. The molecular weight excluding hydrogens is 258 g/mol. The Balaban J connectivity index is 2.39. The summed E-state index contributed by atoms with van der Waals surface area (Å²) < 4.78 is 1.16. The fraction of sp³-hybridized carbons (Fsp3) is 0.455. The van der Waals surface area contributed by atoms with Crippen LogP contribution < -0.4 is 5.32 Å². The van der Waals surface area contributed by atoms with Gasteiger partial charge in [0, 0.05) is 20.8 Å². The molecule has 0 amide bonds. The fourth-order valence-electron chi connectivity index (χ4n) is 1.09. The highest BCUT2D eigenvalue weighted by Crippen LogP contribution is 2.20. The van der Waals surface area contributed by atoms with Crippen molar-refractivity contribution in [1.82, 2.24) is 5.32 Å². The molecule has 0 bridgehead atoms. The van der Waals surface area contributed by atoms with E-state index in [4.69, 9.17) is 0 Å². The lowest BCUT2D eigenvalue weighted by molar-refractivity contribution is 0.625. The van der Waals surface area contributed by atoms with Crippen molar-refractivity contribution in [3.8, 4) is 0 Å². The first-order valence-corrected chi connectivity index (χ1v) is 6.55. The Labute approximate surface area is 98.4 Å². The molecule has 0 fully saturated rings. The van der Waals surface area contributed by atoms with Gasteiger partial charge in [0.15, 0.2) is 0 Å². The molecule has 78 valence electrons. The lowest BCUT2D eigenvalue weighted by Gasteiger charge is -2.06. The topological polar surface area (TPSA) is 12.0 Å². The Morgan fingerprint density at radius 3 is 3.00 bits per heavy atom. The second-order valence-electron chi connectivity index (χ2n) is 3.27. The molecule has 3 heteroatoms. The van der Waals surface area contributed by atoms with Gasteiger partial charge in [-0.15, -0.1) is 11.3 Å². The molecule has 14 heavy (non-hydrogen) atoms. The molecule has 0 spiro atoms. The van der Waals surface area contributed by atoms with Crippen LogP contribution in [0.3, 0.4) is 0 Å². The summed E-state index contributed by atoms with van der Waals surface area (Å²) in [4.78, 5) is 1.29. The zero-order valence-electron chi connectivity index (χ0n) is 8.59. The van der Waals surface area contributed by atoms with Crippen LogP contribution in [0.1, 0.15) is 25.1 Å². The lowest BCUT2D eigenvalue weighted by Crippen LogP contribution is -2.24. The largest absolute Gasteiger partial charge is 0.311 e. The maximum Gasteiger partial charge on any atom is 0.0288 e. The molecule has 1 atom stereocenters. The van der Waals surface area contributed by atoms with Crippen molar-refractivity contribution in [3.05, 3.63) is 26.9 Å². The molecule has 1 aromatic heterocycles. The van der Waals surface area contributed by atoms with E-state index in [9.17, 15) is 0 Å². The molecule has 0 aliphatic carbocycles. The summed E-state index contributed by atoms with van der Waals surface area (Å²) in [5.41, 5.74) is 0. The molecule has 1 nitrogen and oxygen atoms in total. The zero-order valence-corrected chi connectivity index (χ0v) is 11.0. The van der Waals surface area contributed by atoms with Crippen LogP contribution in [0.5, 0.6) is 0 Å². The van der Waals surface area contributed by atoms with Crippen LogP contribution >= 0.6 is 27.3 Å². The number of nitrogens with one attached hydrogen (secondary N) is 1. The van der Waals surface area contributed by atoms with E-state index in [2.05, 4.69) is 58.7 Å². The van der Waals surface area contributed by atoms with E-state index in [0.29, 0.717) is 6.04 Å². The highest BCUT2D eigenvalue weighted by atomic mass is 79.9. The predicted molar refractivity (Wildman–Crippen MR) is 68.8 cm³/mol. The first kappa shape index (κ1) is 12.0. The third-order valence-electron chi connectivity index (χ3n) is 1.85. The highest BCUT2D eigenvalue weighted by Gasteiger charge is 1.95. The Morgan fingerprint density at radius 2 is 2.43 bits per heavy atom. The highest BCUT2D eigenvalue weighted by molar-refractivity contribution is 9.10. The minimum atomic E-state index is 0.454. The van der Waals surface area contributed by atoms with E-state index in [1.807, 2.05) is 0 Å². The van der Waals surface area contributed by atoms with E-state index >= 15 is 0 Å². The van der Waals surface area contributed by atoms with Gasteiger partial charge in [0.25, 0.3) is 0 Å². The lowest BCUT2D eigenvalue weighted by atomic mass is 10.3. The average Bonchev–Trinajstić information content (AvgIpc) is 2.58. The van der Waals surface area contributed by atoms with Gasteiger partial charge in [-0.05, 0) is 48.0 Å². The van der Waals surface area contributed by atoms with Crippen molar-refractivity contribution in [3.63, 3.8) is 0 Å². The van der Waals surface area contributed by atoms with Crippen molar-refractivity contribution in [2.75, 3.05) is 6.54 Å². The van der Waals surface area contributed by atoms with Crippen LogP contribution in [0.2, 0.25) is 0 Å². The molecule has 0 aliphatic rings. The Hall–Kier alpha value is -0.120. The summed E-state index contributed by atoms with van der Waals surface area (Å²) in [5, 5.41) is 5.52. The van der Waals surface area contributed by atoms with Crippen molar-refractivity contribution in [2.24, 2.45) is 0 Å². The monoisotopic (exact) mass is 273 g/mol. The predicted octanol–water partition coefficient (Wildman–Crippen LogP) is 3.91. The number of hydrogen-bond donors (Lipinski definition) is 1. The Bertz CT molecular complexity index is 293. The van der Waals surface area contributed by atoms with E-state index in [0.717, 1.165) is 11.0 Å². The maximum atomic E-state index is 3.44. The minimum Gasteiger partial charge on any atom is -0.311 e. The van der Waals surface area contributed by atoms with E-state index in [-0.39, 0.29) is 0 Å². The van der Waals surface area contributed by atoms with Gasteiger partial charge in [0.2, 0.25) is 0 Å². The second-order valence-corrected chi connectivity index (χ2v) is 5.13. The second kappa shape index (κ2) is 6.38. The van der Waals surface area contributed by atoms with Crippen molar-refractivity contribution in [2.45, 2.75) is 26.3 Å². The summed E-state index contributed by atoms with van der Waals surface area (Å²) in [7, 11) is 0. The van der Waals surface area contributed by atoms with Gasteiger partial charge < -0.3 is 5.32 Å². The number of rotatable bonds is 5. The quantitative estimate of drug-likeness (QED) is 0.858. The molecule has 0 saturated carbocycles. The summed E-state index contributed by atoms with van der Waals surface area (Å²) >= 11 is 5.20. The number of hydrogen-bond acceptors (Lipinski definition) is 2. The summed E-state index contributed by atoms with van der Waals surface area (Å²) in [6.45, 7) is 5.44. The van der Waals surface area contributed by atoms with Crippen LogP contribution in [0, 0.1) is 0 Å². The van der Waals surface area contributed by atoms with Crippen LogP contribution in [0.15, 0.2) is 22.0 Å². The van der Waals surface area contributed by atoms with E-state index in [1.165, 1.54) is 11.3 Å². The summed E-state index contributed by atoms with van der Waals surface area (Å²) in [6.07, 6.45) is 5.55. The molecule has 0 aromatic carbocycles. The standard InChI is InChI=1S/C11H16BrNS/c1-3-6-13-9(2)4-5-11-7-10(12)8-14-11/h4-5,7-9,13H,3,6H2,1-2H3/b5-4+. The summed E-state index contributed by atoms with van der Waals surface area (Å²) in [5.74, 6) is 0. The van der Waals surface area contributed by atoms with Crippen molar-refractivity contribution < 1.29 is 0 Å². The first-order valence-electron chi connectivity index (χ1n) is 4.88. The van der Waals surface area contributed by atoms with Crippen molar-refractivity contribution >= 4 is 33.3 Å². The van der Waals surface area contributed by atoms with Crippen LogP contribution in [0.25, 0.3) is 6.08 Å². The SMILES string of the molecule is CCCNC(C)/C=C/c1cc(Br)cs1. The first-order chi connectivity index (χ1) is 6.72. The van der Waals surface area contributed by atoms with Gasteiger partial charge in [-0.2, -0.15) is 0 Å². The molecule has 1 aromatic rings. The smallest absolute Gasteiger partial charge is 0.0288 e. The van der Waals surface area contributed by atoms with Gasteiger partial charge in [0.05, 0.1) is 0 Å². The molecule has 0 aliphatic heterocycles. The average molecular weight is 274 g/mol. The van der Waals surface area contributed by atoms with E-state index < -0.39 is 0 Å². The van der Waals surface area contributed by atoms with Gasteiger partial charge in [-0.3, -0.25) is 0 Å². The van der Waals surface area contributed by atoms with Crippen LogP contribution in [-0.4, -0.2) is 12.6 Å². The number of halogens is 1. The minimum absolute atomic E-state index is 0.454. The van der Waals surface area contributed by atoms with Gasteiger partial charge in [-0.25, -0.2) is 0 Å². The molecule has 1 unspecified atom stereocenters. The summed E-state index contributed by atoms with van der Waals surface area (Å²) in [6, 6.07) is 2.59. The third-order valence-corrected chi connectivity index (χ3v) is 3.51. The van der Waals surface area contributed by atoms with Crippen LogP contribution in [0.4, 0.5) is 0 Å². The van der Waals surface area contributed by atoms with E-state index in [1.54, 1.807) is 11.3 Å². The van der Waals surface area contributed by atoms with Gasteiger partial charge >= 0.3 is 0 Å². The normalized spacial score (nSPS) is 13.6. The fourth-order valence-corrected chi connectivity index (χ4v) is 2.44. The molecule has 1 heterocycles. The van der Waals surface area contributed by atoms with Gasteiger partial charge in [-0.1, -0.05) is 13.0 Å². The van der Waals surface area contributed by atoms with Gasteiger partial charge in [0.1, 0.15) is 0 Å².